The van der Waals surface area contributed by atoms with Crippen molar-refractivity contribution in [3.63, 3.8) is 0 Å². The number of methoxy groups -OCH3 is 1. The Morgan fingerprint density at radius 1 is 1.13 bits per heavy atom. The third-order valence-corrected chi connectivity index (χ3v) is 3.35. The van der Waals surface area contributed by atoms with Gasteiger partial charge in [0.25, 0.3) is 0 Å². The molecular formula is C17H16F3NO2. The molecule has 6 heteroatoms. The van der Waals surface area contributed by atoms with Gasteiger partial charge in [0, 0.05) is 5.69 Å². The Hall–Kier alpha value is -2.50. The van der Waals surface area contributed by atoms with Crippen LogP contribution in [-0.2, 0) is 17.4 Å². The van der Waals surface area contributed by atoms with Crippen LogP contribution in [-0.4, -0.2) is 13.0 Å². The van der Waals surface area contributed by atoms with E-state index in [-0.39, 0.29) is 23.6 Å². The number of hydrogen-bond donors (Lipinski definition) is 1. The molecule has 0 aliphatic heterocycles. The van der Waals surface area contributed by atoms with Crippen molar-refractivity contribution in [2.45, 2.75) is 19.5 Å². The first-order valence-corrected chi connectivity index (χ1v) is 6.90. The molecule has 0 unspecified atom stereocenters. The predicted molar refractivity (Wildman–Crippen MR) is 81.5 cm³/mol. The first-order chi connectivity index (χ1) is 10.8. The van der Waals surface area contributed by atoms with Gasteiger partial charge in [-0.1, -0.05) is 18.2 Å². The van der Waals surface area contributed by atoms with Crippen molar-refractivity contribution in [3.05, 3.63) is 59.2 Å². The third kappa shape index (κ3) is 4.48. The monoisotopic (exact) mass is 323 g/mol. The van der Waals surface area contributed by atoms with Crippen molar-refractivity contribution in [3.8, 4) is 5.75 Å². The number of halogens is 3. The molecule has 0 aliphatic carbocycles. The SMILES string of the molecule is COc1ccc(CC(=O)Nc2ccc(C)c(C(F)(F)F)c2)cc1. The van der Waals surface area contributed by atoms with Crippen LogP contribution in [0.4, 0.5) is 18.9 Å². The second kappa shape index (κ2) is 6.73. The van der Waals surface area contributed by atoms with Crippen molar-refractivity contribution in [1.82, 2.24) is 0 Å². The highest BCUT2D eigenvalue weighted by Crippen LogP contribution is 2.33. The maximum absolute atomic E-state index is 12.9. The fourth-order valence-corrected chi connectivity index (χ4v) is 2.14. The Balaban J connectivity index is 2.08. The summed E-state index contributed by atoms with van der Waals surface area (Å²) in [6.45, 7) is 1.38. The molecule has 2 rings (SSSR count). The summed E-state index contributed by atoms with van der Waals surface area (Å²) in [6.07, 6.45) is -4.37. The molecule has 0 fully saturated rings. The summed E-state index contributed by atoms with van der Waals surface area (Å²) in [5.74, 6) is 0.287. The van der Waals surface area contributed by atoms with Gasteiger partial charge in [-0.25, -0.2) is 0 Å². The number of carbonyl (C=O) groups is 1. The van der Waals surface area contributed by atoms with Crippen LogP contribution in [0.2, 0.25) is 0 Å². The molecule has 0 bridgehead atoms. The second-order valence-electron chi connectivity index (χ2n) is 5.10. The molecule has 0 aliphatic rings. The molecule has 0 saturated heterocycles. The maximum atomic E-state index is 12.9. The van der Waals surface area contributed by atoms with E-state index in [2.05, 4.69) is 5.32 Å². The highest BCUT2D eigenvalue weighted by molar-refractivity contribution is 5.92. The summed E-state index contributed by atoms with van der Waals surface area (Å²) in [5, 5.41) is 2.49. The average molecular weight is 323 g/mol. The highest BCUT2D eigenvalue weighted by atomic mass is 19.4. The molecule has 23 heavy (non-hydrogen) atoms. The molecule has 122 valence electrons. The van der Waals surface area contributed by atoms with Crippen LogP contribution >= 0.6 is 0 Å². The molecule has 2 aromatic rings. The lowest BCUT2D eigenvalue weighted by Gasteiger charge is -2.13. The molecule has 0 atom stereocenters. The number of alkyl halides is 3. The number of carbonyl (C=O) groups excluding carboxylic acids is 1. The molecule has 0 heterocycles. The number of nitrogens with one attached hydrogen (secondary N) is 1. The van der Waals surface area contributed by atoms with E-state index >= 15 is 0 Å². The van der Waals surface area contributed by atoms with Gasteiger partial charge in [0.05, 0.1) is 19.1 Å². The van der Waals surface area contributed by atoms with Crippen LogP contribution in [0.15, 0.2) is 42.5 Å². The van der Waals surface area contributed by atoms with Crippen molar-refractivity contribution < 1.29 is 22.7 Å². The number of hydrogen-bond acceptors (Lipinski definition) is 2. The van der Waals surface area contributed by atoms with Crippen LogP contribution in [0.5, 0.6) is 5.75 Å². The minimum absolute atomic E-state index is 0.0687. The molecule has 0 radical (unpaired) electrons. The molecule has 0 spiro atoms. The minimum Gasteiger partial charge on any atom is -0.497 e. The molecular weight excluding hydrogens is 307 g/mol. The first-order valence-electron chi connectivity index (χ1n) is 6.90. The minimum atomic E-state index is -4.44. The zero-order valence-electron chi connectivity index (χ0n) is 12.7. The van der Waals surface area contributed by atoms with E-state index in [1.54, 1.807) is 24.3 Å². The lowest BCUT2D eigenvalue weighted by Crippen LogP contribution is -2.15. The maximum Gasteiger partial charge on any atom is 0.416 e. The summed E-state index contributed by atoms with van der Waals surface area (Å²) in [6, 6.07) is 10.6. The van der Waals surface area contributed by atoms with Gasteiger partial charge in [-0.05, 0) is 42.3 Å². The standard InChI is InChI=1S/C17H16F3NO2/c1-11-3-6-13(10-15(11)17(18,19)20)21-16(22)9-12-4-7-14(23-2)8-5-12/h3-8,10H,9H2,1-2H3,(H,21,22). The number of aryl methyl sites for hydroxylation is 1. The van der Waals surface area contributed by atoms with Crippen LogP contribution in [0, 0.1) is 6.92 Å². The number of rotatable bonds is 4. The van der Waals surface area contributed by atoms with Crippen LogP contribution in [0.3, 0.4) is 0 Å². The van der Waals surface area contributed by atoms with E-state index in [0.717, 1.165) is 11.6 Å². The number of benzene rings is 2. The summed E-state index contributed by atoms with van der Waals surface area (Å²) in [4.78, 5) is 12.0. The second-order valence-corrected chi connectivity index (χ2v) is 5.10. The molecule has 2 aromatic carbocycles. The van der Waals surface area contributed by atoms with E-state index in [1.807, 2.05) is 0 Å². The van der Waals surface area contributed by atoms with E-state index in [0.29, 0.717) is 5.75 Å². The average Bonchev–Trinajstić information content (AvgIpc) is 2.49. The van der Waals surface area contributed by atoms with Crippen molar-refractivity contribution in [2.24, 2.45) is 0 Å². The van der Waals surface area contributed by atoms with Crippen molar-refractivity contribution in [1.29, 1.82) is 0 Å². The van der Waals surface area contributed by atoms with Gasteiger partial charge in [0.2, 0.25) is 5.91 Å². The lowest BCUT2D eigenvalue weighted by atomic mass is 10.1. The van der Waals surface area contributed by atoms with Gasteiger partial charge in [-0.15, -0.1) is 0 Å². The molecule has 1 amide bonds. The van der Waals surface area contributed by atoms with E-state index in [1.165, 1.54) is 26.2 Å². The highest BCUT2D eigenvalue weighted by Gasteiger charge is 2.32. The Morgan fingerprint density at radius 3 is 2.35 bits per heavy atom. The fraction of sp³-hybridized carbons (Fsp3) is 0.235. The predicted octanol–water partition coefficient (Wildman–Crippen LogP) is 4.20. The van der Waals surface area contributed by atoms with E-state index in [4.69, 9.17) is 4.74 Å². The Morgan fingerprint density at radius 2 is 1.78 bits per heavy atom. The summed E-state index contributed by atoms with van der Waals surface area (Å²) in [5.41, 5.74) is 0.235. The zero-order chi connectivity index (χ0) is 17.0. The van der Waals surface area contributed by atoms with E-state index < -0.39 is 11.7 Å². The third-order valence-electron chi connectivity index (χ3n) is 3.35. The van der Waals surface area contributed by atoms with E-state index in [9.17, 15) is 18.0 Å². The van der Waals surface area contributed by atoms with Gasteiger partial charge in [0.15, 0.2) is 0 Å². The van der Waals surface area contributed by atoms with Gasteiger partial charge in [0.1, 0.15) is 5.75 Å². The molecule has 1 N–H and O–H groups in total. The molecule has 0 aromatic heterocycles. The zero-order valence-corrected chi connectivity index (χ0v) is 12.7. The summed E-state index contributed by atoms with van der Waals surface area (Å²) >= 11 is 0. The van der Waals surface area contributed by atoms with Crippen LogP contribution in [0.25, 0.3) is 0 Å². The Labute approximate surface area is 132 Å². The largest absolute Gasteiger partial charge is 0.497 e. The summed E-state index contributed by atoms with van der Waals surface area (Å²) < 4.78 is 43.6. The quantitative estimate of drug-likeness (QED) is 0.915. The normalized spacial score (nSPS) is 11.2. The molecule has 0 saturated carbocycles. The smallest absolute Gasteiger partial charge is 0.416 e. The van der Waals surface area contributed by atoms with Crippen molar-refractivity contribution in [2.75, 3.05) is 12.4 Å². The van der Waals surface area contributed by atoms with Gasteiger partial charge in [-0.2, -0.15) is 13.2 Å². The fourth-order valence-electron chi connectivity index (χ4n) is 2.14. The Bertz CT molecular complexity index is 694. The number of amides is 1. The topological polar surface area (TPSA) is 38.3 Å². The van der Waals surface area contributed by atoms with Crippen LogP contribution < -0.4 is 10.1 Å². The van der Waals surface area contributed by atoms with Gasteiger partial charge < -0.3 is 10.1 Å². The Kier molecular flexibility index (Phi) is 4.93. The molecule has 3 nitrogen and oxygen atoms in total. The van der Waals surface area contributed by atoms with Gasteiger partial charge in [-0.3, -0.25) is 4.79 Å². The van der Waals surface area contributed by atoms with Crippen molar-refractivity contribution >= 4 is 11.6 Å². The lowest BCUT2D eigenvalue weighted by molar-refractivity contribution is -0.138. The summed E-state index contributed by atoms with van der Waals surface area (Å²) in [7, 11) is 1.54. The van der Waals surface area contributed by atoms with Gasteiger partial charge >= 0.3 is 6.18 Å². The first kappa shape index (κ1) is 16.9. The number of ether oxygens (including phenoxy) is 1. The number of anilines is 1. The van der Waals surface area contributed by atoms with Crippen LogP contribution in [0.1, 0.15) is 16.7 Å².